The molecule has 0 heterocycles. The molecule has 0 aliphatic rings. The van der Waals surface area contributed by atoms with Crippen LogP contribution < -0.4 is 0 Å². The highest BCUT2D eigenvalue weighted by Gasteiger charge is 2.01. The Morgan fingerprint density at radius 3 is 1.77 bits per heavy atom. The molecule has 1 aromatic carbocycles. The summed E-state index contributed by atoms with van der Waals surface area (Å²) in [6.07, 6.45) is 2.05. The molecule has 0 unspecified atom stereocenters. The van der Waals surface area contributed by atoms with Gasteiger partial charge in [0.05, 0.1) is 0 Å². The van der Waals surface area contributed by atoms with Crippen molar-refractivity contribution in [2.45, 2.75) is 32.6 Å². The summed E-state index contributed by atoms with van der Waals surface area (Å²) in [5, 5.41) is 9.20. The Morgan fingerprint density at radius 1 is 1.08 bits per heavy atom. The van der Waals surface area contributed by atoms with Gasteiger partial charge in [0.2, 0.25) is 0 Å². The Balaban J connectivity index is 0.000000671. The van der Waals surface area contributed by atoms with Crippen LogP contribution in [0, 0.1) is 13.8 Å². The lowest BCUT2D eigenvalue weighted by Gasteiger charge is -2.06. The highest BCUT2D eigenvalue weighted by molar-refractivity contribution is 7.98. The third-order valence-electron chi connectivity index (χ3n) is 1.65. The third-order valence-corrected chi connectivity index (χ3v) is 2.70. The van der Waals surface area contributed by atoms with Crippen molar-refractivity contribution < 1.29 is 5.11 Å². The summed E-state index contributed by atoms with van der Waals surface area (Å²) >= 11 is 1.72. The van der Waals surface area contributed by atoms with Gasteiger partial charge in [-0.05, 0) is 43.4 Å². The number of hydrogen-bond acceptors (Lipinski definition) is 2. The third kappa shape index (κ3) is 3.31. The van der Waals surface area contributed by atoms with Gasteiger partial charge in [0, 0.05) is 4.90 Å². The van der Waals surface area contributed by atoms with Gasteiger partial charge in [-0.1, -0.05) is 13.8 Å². The maximum atomic E-state index is 9.20. The van der Waals surface area contributed by atoms with Gasteiger partial charge in [0.1, 0.15) is 5.75 Å². The minimum atomic E-state index is 0.359. The van der Waals surface area contributed by atoms with Gasteiger partial charge >= 0.3 is 0 Å². The summed E-state index contributed by atoms with van der Waals surface area (Å²) in [7, 11) is 0. The lowest BCUT2D eigenvalue weighted by Crippen LogP contribution is -1.83. The summed E-state index contributed by atoms with van der Waals surface area (Å²) in [4.78, 5) is 1.27. The second-order valence-corrected chi connectivity index (χ2v) is 3.43. The highest BCUT2D eigenvalue weighted by atomic mass is 32.2. The molecule has 0 saturated heterocycles. The van der Waals surface area contributed by atoms with Gasteiger partial charge in [-0.15, -0.1) is 11.8 Å². The van der Waals surface area contributed by atoms with Crippen molar-refractivity contribution in [2.75, 3.05) is 6.26 Å². The molecule has 0 radical (unpaired) electrons. The van der Waals surface area contributed by atoms with Crippen LogP contribution in [-0.4, -0.2) is 11.4 Å². The second kappa shape index (κ2) is 5.92. The first kappa shape index (κ1) is 12.4. The normalized spacial score (nSPS) is 9.00. The highest BCUT2D eigenvalue weighted by Crippen LogP contribution is 2.27. The monoisotopic (exact) mass is 198 g/mol. The summed E-state index contributed by atoms with van der Waals surface area (Å²) in [6.45, 7) is 8.02. The Hall–Kier alpha value is -0.630. The number of aromatic hydroxyl groups is 1. The Kier molecular flexibility index (Phi) is 5.63. The number of thioether (sulfide) groups is 1. The summed E-state index contributed by atoms with van der Waals surface area (Å²) in [6, 6.07) is 3.58. The van der Waals surface area contributed by atoms with Crippen LogP contribution >= 0.6 is 11.8 Å². The zero-order chi connectivity index (χ0) is 10.4. The molecule has 2 heteroatoms. The molecular weight excluding hydrogens is 180 g/mol. The van der Waals surface area contributed by atoms with Crippen LogP contribution in [0.1, 0.15) is 25.0 Å². The smallest absolute Gasteiger partial charge is 0.116 e. The molecule has 0 fully saturated rings. The Labute approximate surface area is 85.2 Å². The SMILES string of the molecule is CC.CSc1c(C)cc(O)cc1C. The van der Waals surface area contributed by atoms with E-state index in [4.69, 9.17) is 0 Å². The van der Waals surface area contributed by atoms with E-state index >= 15 is 0 Å². The number of phenolic OH excluding ortho intramolecular Hbond substituents is 1. The lowest BCUT2D eigenvalue weighted by molar-refractivity contribution is 0.474. The van der Waals surface area contributed by atoms with Gasteiger partial charge in [0.25, 0.3) is 0 Å². The molecule has 0 saturated carbocycles. The number of aryl methyl sites for hydroxylation is 2. The van der Waals surface area contributed by atoms with Gasteiger partial charge in [-0.25, -0.2) is 0 Å². The molecule has 0 aliphatic heterocycles. The van der Waals surface area contributed by atoms with E-state index in [0.717, 1.165) is 11.1 Å². The average Bonchev–Trinajstić information content (AvgIpc) is 2.07. The lowest BCUT2D eigenvalue weighted by atomic mass is 10.1. The molecule has 0 amide bonds. The fourth-order valence-electron chi connectivity index (χ4n) is 1.25. The largest absolute Gasteiger partial charge is 0.508 e. The van der Waals surface area contributed by atoms with Crippen molar-refractivity contribution in [2.24, 2.45) is 0 Å². The minimum absolute atomic E-state index is 0.359. The van der Waals surface area contributed by atoms with Gasteiger partial charge in [0.15, 0.2) is 0 Å². The number of hydrogen-bond donors (Lipinski definition) is 1. The first-order valence-corrected chi connectivity index (χ1v) is 5.72. The van der Waals surface area contributed by atoms with Crippen LogP contribution in [0.3, 0.4) is 0 Å². The van der Waals surface area contributed by atoms with Crippen molar-refractivity contribution in [3.8, 4) is 5.75 Å². The number of benzene rings is 1. The van der Waals surface area contributed by atoms with Crippen LogP contribution in [0.4, 0.5) is 0 Å². The van der Waals surface area contributed by atoms with Crippen LogP contribution in [0.15, 0.2) is 17.0 Å². The van der Waals surface area contributed by atoms with Crippen molar-refractivity contribution in [3.63, 3.8) is 0 Å². The average molecular weight is 198 g/mol. The van der Waals surface area contributed by atoms with E-state index < -0.39 is 0 Å². The first-order chi connectivity index (χ1) is 6.15. The standard InChI is InChI=1S/C9H12OS.C2H6/c1-6-4-8(10)5-7(2)9(6)11-3;1-2/h4-5,10H,1-3H3;1-2H3. The molecule has 1 rings (SSSR count). The van der Waals surface area contributed by atoms with Crippen molar-refractivity contribution >= 4 is 11.8 Å². The van der Waals surface area contributed by atoms with Gasteiger partial charge < -0.3 is 5.11 Å². The van der Waals surface area contributed by atoms with Gasteiger partial charge in [-0.2, -0.15) is 0 Å². The van der Waals surface area contributed by atoms with E-state index in [2.05, 4.69) is 0 Å². The van der Waals surface area contributed by atoms with E-state index in [1.807, 2.05) is 34.0 Å². The van der Waals surface area contributed by atoms with Crippen molar-refractivity contribution in [1.29, 1.82) is 0 Å². The van der Waals surface area contributed by atoms with E-state index in [1.165, 1.54) is 4.90 Å². The molecule has 1 aromatic rings. The zero-order valence-electron chi connectivity index (χ0n) is 9.01. The molecule has 0 spiro atoms. The van der Waals surface area contributed by atoms with E-state index in [0.29, 0.717) is 5.75 Å². The maximum absolute atomic E-state index is 9.20. The molecule has 0 aliphatic carbocycles. The molecule has 13 heavy (non-hydrogen) atoms. The molecule has 74 valence electrons. The van der Waals surface area contributed by atoms with Crippen LogP contribution in [0.2, 0.25) is 0 Å². The Morgan fingerprint density at radius 2 is 1.46 bits per heavy atom. The minimum Gasteiger partial charge on any atom is -0.508 e. The predicted molar refractivity (Wildman–Crippen MR) is 60.7 cm³/mol. The zero-order valence-corrected chi connectivity index (χ0v) is 9.83. The summed E-state index contributed by atoms with van der Waals surface area (Å²) < 4.78 is 0. The molecule has 1 nitrogen and oxygen atoms in total. The quantitative estimate of drug-likeness (QED) is 0.693. The van der Waals surface area contributed by atoms with E-state index in [9.17, 15) is 5.11 Å². The summed E-state index contributed by atoms with van der Waals surface area (Å²) in [5.41, 5.74) is 2.30. The topological polar surface area (TPSA) is 20.2 Å². The molecule has 0 bridgehead atoms. The molecule has 1 N–H and O–H groups in total. The number of rotatable bonds is 1. The first-order valence-electron chi connectivity index (χ1n) is 4.49. The fourth-order valence-corrected chi connectivity index (χ4v) is 2.01. The maximum Gasteiger partial charge on any atom is 0.116 e. The van der Waals surface area contributed by atoms with Crippen LogP contribution in [-0.2, 0) is 0 Å². The van der Waals surface area contributed by atoms with E-state index in [-0.39, 0.29) is 0 Å². The molecule has 0 atom stereocenters. The van der Waals surface area contributed by atoms with Gasteiger partial charge in [-0.3, -0.25) is 0 Å². The Bertz CT molecular complexity index is 246. The summed E-state index contributed by atoms with van der Waals surface area (Å²) in [5.74, 6) is 0.359. The molecule has 0 aromatic heterocycles. The van der Waals surface area contributed by atoms with Crippen molar-refractivity contribution in [1.82, 2.24) is 0 Å². The number of phenols is 1. The molecular formula is C11H18OS. The van der Waals surface area contributed by atoms with E-state index in [1.54, 1.807) is 23.9 Å². The fraction of sp³-hybridized carbons (Fsp3) is 0.455. The van der Waals surface area contributed by atoms with Crippen LogP contribution in [0.5, 0.6) is 5.75 Å². The van der Waals surface area contributed by atoms with Crippen molar-refractivity contribution in [3.05, 3.63) is 23.3 Å². The predicted octanol–water partition coefficient (Wildman–Crippen LogP) is 3.76. The van der Waals surface area contributed by atoms with Crippen LogP contribution in [0.25, 0.3) is 0 Å². The second-order valence-electron chi connectivity index (χ2n) is 2.61.